The third kappa shape index (κ3) is 3.82. The molecule has 116 valence electrons. The summed E-state index contributed by atoms with van der Waals surface area (Å²) in [6.45, 7) is 0.475. The first-order chi connectivity index (χ1) is 10.4. The fourth-order valence-corrected chi connectivity index (χ4v) is 2.84. The molecule has 0 amide bonds. The third-order valence-corrected chi connectivity index (χ3v) is 3.65. The van der Waals surface area contributed by atoms with Crippen LogP contribution in [0.5, 0.6) is 11.6 Å². The van der Waals surface area contributed by atoms with Gasteiger partial charge in [0.15, 0.2) is 3.79 Å². The van der Waals surface area contributed by atoms with Crippen molar-refractivity contribution in [2.24, 2.45) is 0 Å². The average molecular weight is 363 g/mol. The molecule has 3 nitrogen and oxygen atoms in total. The van der Waals surface area contributed by atoms with Crippen molar-refractivity contribution in [3.8, 4) is 11.6 Å². The van der Waals surface area contributed by atoms with Crippen molar-refractivity contribution in [3.05, 3.63) is 54.0 Å². The number of epoxide rings is 1. The fraction of sp³-hybridized carbons (Fsp3) is 0.267. The lowest BCUT2D eigenvalue weighted by Crippen LogP contribution is -2.18. The molecule has 7 heteroatoms. The Hall–Kier alpha value is -1.07. The highest BCUT2D eigenvalue weighted by Crippen LogP contribution is 2.50. The maximum atomic E-state index is 13.1. The van der Waals surface area contributed by atoms with E-state index < -0.39 is 15.3 Å². The van der Waals surface area contributed by atoms with Gasteiger partial charge in [-0.15, -0.1) is 0 Å². The maximum absolute atomic E-state index is 13.1. The molecule has 1 unspecified atom stereocenters. The summed E-state index contributed by atoms with van der Waals surface area (Å²) in [7, 11) is 0. The molecule has 1 fully saturated rings. The fourth-order valence-electron chi connectivity index (χ4n) is 2.19. The zero-order valence-corrected chi connectivity index (χ0v) is 13.5. The number of ether oxygens (including phenoxy) is 2. The molecule has 1 atom stereocenters. The summed E-state index contributed by atoms with van der Waals surface area (Å²) in [5, 5.41) is 0. The highest BCUT2D eigenvalue weighted by molar-refractivity contribution is 6.67. The molecule has 0 aliphatic carbocycles. The van der Waals surface area contributed by atoms with Gasteiger partial charge in [-0.2, -0.15) is 9.37 Å². The number of alkyl halides is 3. The van der Waals surface area contributed by atoms with Gasteiger partial charge in [0.1, 0.15) is 11.4 Å². The monoisotopic (exact) mass is 361 g/mol. The number of benzene rings is 1. The molecule has 1 aliphatic rings. The quantitative estimate of drug-likeness (QED) is 0.436. The molecule has 22 heavy (non-hydrogen) atoms. The minimum Gasteiger partial charge on any atom is -0.439 e. The van der Waals surface area contributed by atoms with Crippen LogP contribution in [0.2, 0.25) is 0 Å². The molecular weight excluding hydrogens is 352 g/mol. The SMILES string of the molecule is Fc1cccc(Oc2cccc(C3(CC(Cl)(Cl)Cl)CO3)c2)n1. The van der Waals surface area contributed by atoms with E-state index in [0.29, 0.717) is 12.4 Å². The first kappa shape index (κ1) is 15.8. The van der Waals surface area contributed by atoms with Crippen LogP contribution in [0.25, 0.3) is 0 Å². The molecule has 2 heterocycles. The summed E-state index contributed by atoms with van der Waals surface area (Å²) in [4.78, 5) is 3.65. The second-order valence-corrected chi connectivity index (χ2v) is 7.52. The normalized spacial score (nSPS) is 20.7. The van der Waals surface area contributed by atoms with Crippen molar-refractivity contribution < 1.29 is 13.9 Å². The van der Waals surface area contributed by atoms with Gasteiger partial charge in [0.05, 0.1) is 6.61 Å². The van der Waals surface area contributed by atoms with Crippen molar-refractivity contribution >= 4 is 34.8 Å². The van der Waals surface area contributed by atoms with Gasteiger partial charge in [-0.25, -0.2) is 0 Å². The van der Waals surface area contributed by atoms with Gasteiger partial charge in [-0.1, -0.05) is 53.0 Å². The Morgan fingerprint density at radius 3 is 2.59 bits per heavy atom. The molecular formula is C15H11Cl3FNO2. The van der Waals surface area contributed by atoms with Crippen LogP contribution in [-0.2, 0) is 10.3 Å². The molecule has 1 aromatic carbocycles. The van der Waals surface area contributed by atoms with E-state index in [4.69, 9.17) is 44.3 Å². The van der Waals surface area contributed by atoms with E-state index in [1.165, 1.54) is 12.1 Å². The van der Waals surface area contributed by atoms with Crippen molar-refractivity contribution in [3.63, 3.8) is 0 Å². The molecule has 1 aliphatic heterocycles. The third-order valence-electron chi connectivity index (χ3n) is 3.25. The van der Waals surface area contributed by atoms with Gasteiger partial charge < -0.3 is 9.47 Å². The summed E-state index contributed by atoms with van der Waals surface area (Å²) in [6, 6.07) is 11.5. The number of pyridine rings is 1. The van der Waals surface area contributed by atoms with Crippen LogP contribution in [-0.4, -0.2) is 15.4 Å². The Bertz CT molecular complexity index is 686. The van der Waals surface area contributed by atoms with Crippen LogP contribution in [0.3, 0.4) is 0 Å². The molecule has 0 N–H and O–H groups in total. The van der Waals surface area contributed by atoms with Crippen LogP contribution in [0, 0.1) is 5.95 Å². The van der Waals surface area contributed by atoms with Gasteiger partial charge in [0.25, 0.3) is 0 Å². The van der Waals surface area contributed by atoms with Gasteiger partial charge >= 0.3 is 0 Å². The lowest BCUT2D eigenvalue weighted by atomic mass is 9.97. The number of aromatic nitrogens is 1. The molecule has 1 aromatic heterocycles. The van der Waals surface area contributed by atoms with E-state index >= 15 is 0 Å². The van der Waals surface area contributed by atoms with Gasteiger partial charge in [-0.3, -0.25) is 0 Å². The van der Waals surface area contributed by atoms with E-state index in [2.05, 4.69) is 4.98 Å². The molecule has 0 radical (unpaired) electrons. The van der Waals surface area contributed by atoms with Crippen molar-refractivity contribution in [2.45, 2.75) is 15.8 Å². The Morgan fingerprint density at radius 1 is 1.23 bits per heavy atom. The van der Waals surface area contributed by atoms with Crippen molar-refractivity contribution in [1.29, 1.82) is 0 Å². The minimum atomic E-state index is -1.41. The van der Waals surface area contributed by atoms with Crippen LogP contribution >= 0.6 is 34.8 Å². The smallest absolute Gasteiger partial charge is 0.221 e. The van der Waals surface area contributed by atoms with E-state index in [1.807, 2.05) is 6.07 Å². The average Bonchev–Trinajstić information content (AvgIpc) is 3.18. The van der Waals surface area contributed by atoms with Crippen LogP contribution in [0.4, 0.5) is 4.39 Å². The Balaban J connectivity index is 1.81. The molecule has 2 aromatic rings. The van der Waals surface area contributed by atoms with Crippen LogP contribution in [0.15, 0.2) is 42.5 Å². The number of rotatable bonds is 4. The second-order valence-electron chi connectivity index (χ2n) is 5.00. The highest BCUT2D eigenvalue weighted by Gasteiger charge is 2.51. The lowest BCUT2D eigenvalue weighted by Gasteiger charge is -2.18. The van der Waals surface area contributed by atoms with E-state index in [-0.39, 0.29) is 12.3 Å². The standard InChI is InChI=1S/C15H11Cl3FNO2/c16-15(17,18)8-14(9-21-14)10-3-1-4-11(7-10)22-13-6-2-5-12(19)20-13/h1-7H,8-9H2. The number of halogens is 4. The van der Waals surface area contributed by atoms with Gasteiger partial charge in [-0.05, 0) is 23.8 Å². The predicted molar refractivity (Wildman–Crippen MR) is 83.2 cm³/mol. The number of nitrogens with zero attached hydrogens (tertiary/aromatic N) is 1. The molecule has 1 saturated heterocycles. The summed E-state index contributed by atoms with van der Waals surface area (Å²) >= 11 is 17.6. The minimum absolute atomic E-state index is 0.171. The second kappa shape index (κ2) is 5.85. The first-order valence-electron chi connectivity index (χ1n) is 6.48. The Morgan fingerprint density at radius 2 is 1.95 bits per heavy atom. The van der Waals surface area contributed by atoms with Crippen LogP contribution < -0.4 is 4.74 Å². The summed E-state index contributed by atoms with van der Waals surface area (Å²) in [5.41, 5.74) is 0.229. The predicted octanol–water partition coefficient (Wildman–Crippen LogP) is 5.00. The maximum Gasteiger partial charge on any atom is 0.221 e. The lowest BCUT2D eigenvalue weighted by molar-refractivity contribution is 0.294. The first-order valence-corrected chi connectivity index (χ1v) is 7.61. The molecule has 0 spiro atoms. The highest BCUT2D eigenvalue weighted by atomic mass is 35.6. The topological polar surface area (TPSA) is 34.6 Å². The zero-order valence-electron chi connectivity index (χ0n) is 11.2. The van der Waals surface area contributed by atoms with E-state index in [1.54, 1.807) is 24.3 Å². The zero-order chi connectivity index (χ0) is 15.8. The van der Waals surface area contributed by atoms with E-state index in [0.717, 1.165) is 5.56 Å². The van der Waals surface area contributed by atoms with Crippen molar-refractivity contribution in [2.75, 3.05) is 6.61 Å². The van der Waals surface area contributed by atoms with Crippen molar-refractivity contribution in [1.82, 2.24) is 4.98 Å². The van der Waals surface area contributed by atoms with Gasteiger partial charge in [0, 0.05) is 12.5 Å². The molecule has 0 saturated carbocycles. The summed E-state index contributed by atoms with van der Waals surface area (Å²) in [5.74, 6) is 0.0749. The van der Waals surface area contributed by atoms with Crippen LogP contribution in [0.1, 0.15) is 12.0 Å². The Labute approximate surface area is 141 Å². The summed E-state index contributed by atoms with van der Waals surface area (Å²) in [6.07, 6.45) is 0.242. The summed E-state index contributed by atoms with van der Waals surface area (Å²) < 4.78 is 22.7. The molecule has 0 bridgehead atoms. The largest absolute Gasteiger partial charge is 0.439 e. The van der Waals surface area contributed by atoms with Gasteiger partial charge in [0.2, 0.25) is 11.8 Å². The Kier molecular flexibility index (Phi) is 4.21. The number of hydrogen-bond donors (Lipinski definition) is 0. The molecule has 3 rings (SSSR count). The number of hydrogen-bond acceptors (Lipinski definition) is 3. The van der Waals surface area contributed by atoms with E-state index in [9.17, 15) is 4.39 Å².